The van der Waals surface area contributed by atoms with Crippen LogP contribution in [0.2, 0.25) is 0 Å². The molecule has 0 bridgehead atoms. The van der Waals surface area contributed by atoms with Gasteiger partial charge in [-0.3, -0.25) is 4.79 Å². The van der Waals surface area contributed by atoms with E-state index in [1.807, 2.05) is 12.1 Å². The molecule has 0 aliphatic carbocycles. The Balaban J connectivity index is 1.77. The second-order valence-electron chi connectivity index (χ2n) is 4.72. The highest BCUT2D eigenvalue weighted by Crippen LogP contribution is 2.30. The zero-order valence-electron chi connectivity index (χ0n) is 10.3. The summed E-state index contributed by atoms with van der Waals surface area (Å²) in [6.07, 6.45) is 2.02. The van der Waals surface area contributed by atoms with E-state index in [-0.39, 0.29) is 11.9 Å². The Morgan fingerprint density at radius 2 is 2.11 bits per heavy atom. The van der Waals surface area contributed by atoms with Gasteiger partial charge in [0.25, 0.3) is 0 Å². The highest BCUT2D eigenvalue weighted by molar-refractivity contribution is 5.75. The molecule has 2 aromatic carbocycles. The van der Waals surface area contributed by atoms with Gasteiger partial charge >= 0.3 is 0 Å². The van der Waals surface area contributed by atoms with Gasteiger partial charge in [-0.05, 0) is 35.4 Å². The first-order valence-electron chi connectivity index (χ1n) is 6.24. The lowest BCUT2D eigenvalue weighted by Crippen LogP contribution is -2.16. The van der Waals surface area contributed by atoms with Gasteiger partial charge in [-0.2, -0.15) is 0 Å². The summed E-state index contributed by atoms with van der Waals surface area (Å²) >= 11 is 0. The molecule has 0 radical (unpaired) electrons. The van der Waals surface area contributed by atoms with Crippen molar-refractivity contribution < 1.29 is 13.9 Å². The molecule has 1 aliphatic rings. The van der Waals surface area contributed by atoms with Crippen molar-refractivity contribution in [2.24, 2.45) is 0 Å². The maximum atomic E-state index is 13.6. The van der Waals surface area contributed by atoms with Crippen molar-refractivity contribution in [1.82, 2.24) is 0 Å². The second-order valence-corrected chi connectivity index (χ2v) is 4.72. The maximum absolute atomic E-state index is 13.6. The molecular weight excluding hydrogens is 243 g/mol. The maximum Gasteiger partial charge on any atom is 0.150 e. The molecule has 1 aliphatic heterocycles. The van der Waals surface area contributed by atoms with E-state index in [1.54, 1.807) is 24.3 Å². The van der Waals surface area contributed by atoms with Crippen LogP contribution in [0.25, 0.3) is 0 Å². The largest absolute Gasteiger partial charge is 0.489 e. The number of hydrogen-bond acceptors (Lipinski definition) is 2. The number of halogens is 1. The topological polar surface area (TPSA) is 26.3 Å². The van der Waals surface area contributed by atoms with Crippen LogP contribution in [0.4, 0.5) is 4.39 Å². The fourth-order valence-corrected chi connectivity index (χ4v) is 2.44. The summed E-state index contributed by atoms with van der Waals surface area (Å²) in [5.41, 5.74) is 2.33. The molecule has 0 fully saturated rings. The molecule has 3 heteroatoms. The Labute approximate surface area is 110 Å². The third-order valence-corrected chi connectivity index (χ3v) is 3.37. The smallest absolute Gasteiger partial charge is 0.150 e. The number of fused-ring (bicyclic) bond motifs is 1. The van der Waals surface area contributed by atoms with Crippen molar-refractivity contribution in [1.29, 1.82) is 0 Å². The predicted octanol–water partition coefficient (Wildman–Crippen LogP) is 3.18. The molecule has 3 rings (SSSR count). The molecule has 96 valence electrons. The van der Waals surface area contributed by atoms with Crippen LogP contribution >= 0.6 is 0 Å². The number of carbonyl (C=O) groups excluding carboxylic acids is 1. The van der Waals surface area contributed by atoms with Gasteiger partial charge < -0.3 is 4.74 Å². The van der Waals surface area contributed by atoms with Crippen molar-refractivity contribution in [3.05, 3.63) is 65.0 Å². The van der Waals surface area contributed by atoms with Crippen LogP contribution in [0.1, 0.15) is 21.5 Å². The molecule has 0 amide bonds. The Morgan fingerprint density at radius 1 is 1.26 bits per heavy atom. The molecule has 19 heavy (non-hydrogen) atoms. The molecule has 1 unspecified atom stereocenters. The van der Waals surface area contributed by atoms with Gasteiger partial charge in [-0.25, -0.2) is 4.39 Å². The quantitative estimate of drug-likeness (QED) is 0.788. The molecule has 2 aromatic rings. The van der Waals surface area contributed by atoms with Crippen LogP contribution in [-0.4, -0.2) is 12.4 Å². The van der Waals surface area contributed by atoms with Crippen LogP contribution in [-0.2, 0) is 12.8 Å². The summed E-state index contributed by atoms with van der Waals surface area (Å²) in [4.78, 5) is 10.7. The number of carbonyl (C=O) groups is 1. The van der Waals surface area contributed by atoms with E-state index in [1.165, 1.54) is 6.07 Å². The fourth-order valence-electron chi connectivity index (χ4n) is 2.44. The van der Waals surface area contributed by atoms with Crippen LogP contribution in [0, 0.1) is 5.82 Å². The van der Waals surface area contributed by atoms with Crippen molar-refractivity contribution in [3.63, 3.8) is 0 Å². The van der Waals surface area contributed by atoms with Crippen molar-refractivity contribution in [2.75, 3.05) is 0 Å². The molecule has 0 saturated carbocycles. The standard InChI is InChI=1S/C16H13FO2/c17-15-4-2-1-3-12(15)8-14-9-13-7-11(10-18)5-6-16(13)19-14/h1-7,10,14H,8-9H2. The Bertz CT molecular complexity index is 622. The lowest BCUT2D eigenvalue weighted by molar-refractivity contribution is 0.112. The average molecular weight is 256 g/mol. The summed E-state index contributed by atoms with van der Waals surface area (Å²) in [5, 5.41) is 0. The fraction of sp³-hybridized carbons (Fsp3) is 0.188. The first kappa shape index (κ1) is 11.9. The highest BCUT2D eigenvalue weighted by atomic mass is 19.1. The Kier molecular flexibility index (Phi) is 3.03. The highest BCUT2D eigenvalue weighted by Gasteiger charge is 2.24. The van der Waals surface area contributed by atoms with E-state index in [2.05, 4.69) is 0 Å². The van der Waals surface area contributed by atoms with Gasteiger partial charge in [-0.15, -0.1) is 0 Å². The lowest BCUT2D eigenvalue weighted by atomic mass is 10.0. The van der Waals surface area contributed by atoms with E-state index < -0.39 is 0 Å². The van der Waals surface area contributed by atoms with E-state index in [4.69, 9.17) is 4.74 Å². The van der Waals surface area contributed by atoms with E-state index in [9.17, 15) is 9.18 Å². The third-order valence-electron chi connectivity index (χ3n) is 3.37. The number of aldehydes is 1. The summed E-state index contributed by atoms with van der Waals surface area (Å²) in [7, 11) is 0. The minimum Gasteiger partial charge on any atom is -0.489 e. The molecule has 0 aromatic heterocycles. The Morgan fingerprint density at radius 3 is 2.89 bits per heavy atom. The molecule has 2 nitrogen and oxygen atoms in total. The first-order valence-corrected chi connectivity index (χ1v) is 6.24. The monoisotopic (exact) mass is 256 g/mol. The van der Waals surface area contributed by atoms with E-state index in [0.717, 1.165) is 17.6 Å². The van der Waals surface area contributed by atoms with Gasteiger partial charge in [0, 0.05) is 18.4 Å². The Hall–Kier alpha value is -2.16. The summed E-state index contributed by atoms with van der Waals surface area (Å²) in [6.45, 7) is 0. The van der Waals surface area contributed by atoms with Crippen molar-refractivity contribution in [2.45, 2.75) is 18.9 Å². The van der Waals surface area contributed by atoms with Crippen molar-refractivity contribution >= 4 is 6.29 Å². The normalized spacial score (nSPS) is 16.8. The van der Waals surface area contributed by atoms with Gasteiger partial charge in [0.05, 0.1) is 0 Å². The number of rotatable bonds is 3. The molecule has 1 atom stereocenters. The molecule has 0 N–H and O–H groups in total. The average Bonchev–Trinajstić information content (AvgIpc) is 2.82. The minimum absolute atomic E-state index is 0.0613. The SMILES string of the molecule is O=Cc1ccc2c(c1)CC(Cc1ccccc1F)O2. The van der Waals surface area contributed by atoms with Crippen LogP contribution in [0.3, 0.4) is 0 Å². The van der Waals surface area contributed by atoms with E-state index >= 15 is 0 Å². The van der Waals surface area contributed by atoms with E-state index in [0.29, 0.717) is 24.0 Å². The van der Waals surface area contributed by atoms with Gasteiger partial charge in [0.1, 0.15) is 24.0 Å². The summed E-state index contributed by atoms with van der Waals surface area (Å²) in [6, 6.07) is 12.1. The number of benzene rings is 2. The minimum atomic E-state index is -0.198. The molecule has 0 spiro atoms. The third kappa shape index (κ3) is 2.36. The molecule has 0 saturated heterocycles. The van der Waals surface area contributed by atoms with Gasteiger partial charge in [0.15, 0.2) is 0 Å². The number of ether oxygens (including phenoxy) is 1. The van der Waals surface area contributed by atoms with Gasteiger partial charge in [0.2, 0.25) is 0 Å². The van der Waals surface area contributed by atoms with Crippen LogP contribution < -0.4 is 4.74 Å². The lowest BCUT2D eigenvalue weighted by Gasteiger charge is -2.11. The van der Waals surface area contributed by atoms with Crippen molar-refractivity contribution in [3.8, 4) is 5.75 Å². The van der Waals surface area contributed by atoms with Crippen LogP contribution in [0.5, 0.6) is 5.75 Å². The number of hydrogen-bond donors (Lipinski definition) is 0. The predicted molar refractivity (Wildman–Crippen MR) is 70.1 cm³/mol. The molecule has 1 heterocycles. The summed E-state index contributed by atoms with van der Waals surface area (Å²) in [5.74, 6) is 0.600. The van der Waals surface area contributed by atoms with Crippen LogP contribution in [0.15, 0.2) is 42.5 Å². The van der Waals surface area contributed by atoms with Gasteiger partial charge in [-0.1, -0.05) is 18.2 Å². The first-order chi connectivity index (χ1) is 9.26. The zero-order chi connectivity index (χ0) is 13.2. The second kappa shape index (κ2) is 4.84. The molecular formula is C16H13FO2. The zero-order valence-corrected chi connectivity index (χ0v) is 10.3. The summed E-state index contributed by atoms with van der Waals surface area (Å²) < 4.78 is 19.4.